The summed E-state index contributed by atoms with van der Waals surface area (Å²) < 4.78 is 0. The van der Waals surface area contributed by atoms with Gasteiger partial charge >= 0.3 is 0 Å². The predicted molar refractivity (Wildman–Crippen MR) is 371 cm³/mol. The Morgan fingerprint density at radius 2 is 0.523 bits per heavy atom. The van der Waals surface area contributed by atoms with Gasteiger partial charge in [0.05, 0.1) is 0 Å². The summed E-state index contributed by atoms with van der Waals surface area (Å²) in [7, 11) is 0. The lowest BCUT2D eigenvalue weighted by atomic mass is 9.75. The van der Waals surface area contributed by atoms with Gasteiger partial charge in [-0.1, -0.05) is 331 Å². The molecule has 0 spiro atoms. The summed E-state index contributed by atoms with van der Waals surface area (Å²) in [5.41, 5.74) is 14.3. The average Bonchev–Trinajstić information content (AvgIpc) is 0.864. The number of unbranched alkanes of at least 4 members (excludes halogenated alkanes) is 10. The van der Waals surface area contributed by atoms with Crippen molar-refractivity contribution in [3.63, 3.8) is 0 Å². The smallest absolute Gasteiger partial charge is 0.141 e. The monoisotopic (exact) mass is 1140 g/mol. The molecule has 0 heterocycles. The second kappa shape index (κ2) is 26.4. The van der Waals surface area contributed by atoms with Crippen molar-refractivity contribution in [1.29, 1.82) is 0 Å². The lowest BCUT2D eigenvalue weighted by Gasteiger charge is -2.33. The number of hydrogen-bond donors (Lipinski definition) is 2. The summed E-state index contributed by atoms with van der Waals surface area (Å²) in [5.74, 6) is 0. The van der Waals surface area contributed by atoms with Gasteiger partial charge in [-0.05, 0) is 159 Å². The van der Waals surface area contributed by atoms with Crippen molar-refractivity contribution < 1.29 is 10.2 Å². The average molecular weight is 1140 g/mol. The molecular formula is C84H102O2. The van der Waals surface area contributed by atoms with E-state index in [4.69, 9.17) is 0 Å². The normalized spacial score (nSPS) is 12.8. The minimum Gasteiger partial charge on any atom is -0.376 e. The van der Waals surface area contributed by atoms with Gasteiger partial charge in [0.2, 0.25) is 0 Å². The maximum absolute atomic E-state index is 13.9. The van der Waals surface area contributed by atoms with Crippen LogP contribution in [-0.4, -0.2) is 10.2 Å². The molecule has 9 aromatic rings. The molecule has 0 atom stereocenters. The Hall–Kier alpha value is -6.58. The van der Waals surface area contributed by atoms with Crippen LogP contribution in [0.25, 0.3) is 43.8 Å². The number of fused-ring (bicyclic) bond motifs is 3. The van der Waals surface area contributed by atoms with E-state index in [9.17, 15) is 10.2 Å². The molecule has 0 aliphatic carbocycles. The molecule has 0 amide bonds. The molecule has 0 aliphatic rings. The van der Waals surface area contributed by atoms with Crippen LogP contribution in [-0.2, 0) is 45.7 Å². The van der Waals surface area contributed by atoms with Crippen LogP contribution in [0.15, 0.2) is 182 Å². The minimum atomic E-state index is -1.45. The van der Waals surface area contributed by atoms with E-state index in [2.05, 4.69) is 279 Å². The van der Waals surface area contributed by atoms with Crippen molar-refractivity contribution in [1.82, 2.24) is 0 Å². The van der Waals surface area contributed by atoms with E-state index in [1.807, 2.05) is 0 Å². The van der Waals surface area contributed by atoms with Gasteiger partial charge in [0.15, 0.2) is 0 Å². The van der Waals surface area contributed by atoms with E-state index in [0.29, 0.717) is 0 Å². The zero-order chi connectivity index (χ0) is 61.7. The van der Waals surface area contributed by atoms with Crippen molar-refractivity contribution in [3.05, 3.63) is 249 Å². The highest BCUT2D eigenvalue weighted by molar-refractivity contribution is 6.12. The topological polar surface area (TPSA) is 40.5 Å². The third-order valence-electron chi connectivity index (χ3n) is 18.8. The molecule has 9 aromatic carbocycles. The molecule has 86 heavy (non-hydrogen) atoms. The lowest BCUT2D eigenvalue weighted by molar-refractivity contribution is 0.126. The first-order valence-electron chi connectivity index (χ1n) is 33.0. The van der Waals surface area contributed by atoms with Gasteiger partial charge in [-0.2, -0.15) is 0 Å². The summed E-state index contributed by atoms with van der Waals surface area (Å²) in [6.45, 7) is 31.6. The Morgan fingerprint density at radius 3 is 0.802 bits per heavy atom. The molecule has 0 saturated heterocycles. The van der Waals surface area contributed by atoms with Crippen LogP contribution < -0.4 is 0 Å². The molecular weight excluding hydrogens is 1040 g/mol. The first-order chi connectivity index (χ1) is 40.9. The molecule has 0 bridgehead atoms. The van der Waals surface area contributed by atoms with Gasteiger partial charge in [-0.25, -0.2) is 0 Å². The minimum absolute atomic E-state index is 0.0323. The number of aryl methyl sites for hydroxylation is 2. The SMILES string of the molecule is CCCCCCCCc1c(CCCCCCCC)c2cc(-c3ccccc3C(O)(c3ccc(C(C)(C)C)cc3)c3ccc(C(C)(C)C)cc3)ccc2c2ccc(-c3ccccc3C(O)(c3ccc(C(C)(C)C)cc3)c3ccc(C(C)(C)C)cc3)cc12. The van der Waals surface area contributed by atoms with Crippen molar-refractivity contribution in [2.75, 3.05) is 0 Å². The Bertz CT molecular complexity index is 3330. The first-order valence-corrected chi connectivity index (χ1v) is 33.0. The highest BCUT2D eigenvalue weighted by Crippen LogP contribution is 2.47. The van der Waals surface area contributed by atoms with Gasteiger partial charge in [0.25, 0.3) is 0 Å². The molecule has 9 rings (SSSR count). The fourth-order valence-electron chi connectivity index (χ4n) is 13.4. The molecule has 2 N–H and O–H groups in total. The molecule has 0 aliphatic heterocycles. The maximum Gasteiger partial charge on any atom is 0.141 e. The van der Waals surface area contributed by atoms with Gasteiger partial charge in [-0.3, -0.25) is 0 Å². The summed E-state index contributed by atoms with van der Waals surface area (Å²) in [6.07, 6.45) is 16.7. The molecule has 450 valence electrons. The number of hydrogen-bond acceptors (Lipinski definition) is 2. The quantitative estimate of drug-likeness (QED) is 0.0403. The standard InChI is InChI=1S/C84H102O2/c1-15-17-19-21-23-25-33-71-72(34-26-24-22-20-18-16-2)76-58-60(70-32-28-30-36-78(70)84(86,67-51-43-63(44-52-67)81(9,10)11)68-53-45-64(46-54-68)82(12,13)14)38-56-74(76)73-55-37-59(57-75(71)73)69-31-27-29-35-77(69)83(85,65-47-39-61(40-48-65)79(3,4)5)66-49-41-62(42-50-66)80(6,7)8/h27-32,35-58,85-86H,15-26,33-34H2,1-14H3. The third-order valence-corrected chi connectivity index (χ3v) is 18.8. The summed E-state index contributed by atoms with van der Waals surface area (Å²) in [6, 6.07) is 66.4. The Kier molecular flexibility index (Phi) is 19.6. The van der Waals surface area contributed by atoms with Crippen LogP contribution in [0, 0.1) is 0 Å². The Labute approximate surface area is 519 Å². The maximum atomic E-state index is 13.9. The van der Waals surface area contributed by atoms with Gasteiger partial charge < -0.3 is 10.2 Å². The van der Waals surface area contributed by atoms with E-state index < -0.39 is 11.2 Å². The van der Waals surface area contributed by atoms with Gasteiger partial charge in [0.1, 0.15) is 11.2 Å². The van der Waals surface area contributed by atoms with Gasteiger partial charge in [-0.15, -0.1) is 0 Å². The molecule has 0 aromatic heterocycles. The van der Waals surface area contributed by atoms with E-state index in [1.54, 1.807) is 0 Å². The van der Waals surface area contributed by atoms with Crippen LogP contribution in [0.5, 0.6) is 0 Å². The predicted octanol–water partition coefficient (Wildman–Crippen LogP) is 22.9. The lowest BCUT2D eigenvalue weighted by Crippen LogP contribution is -2.30. The summed E-state index contributed by atoms with van der Waals surface area (Å²) >= 11 is 0. The molecule has 0 fully saturated rings. The van der Waals surface area contributed by atoms with Crippen LogP contribution >= 0.6 is 0 Å². The highest BCUT2D eigenvalue weighted by atomic mass is 16.3. The fraction of sp³-hybridized carbons (Fsp3) is 0.405. The largest absolute Gasteiger partial charge is 0.376 e. The molecule has 2 nitrogen and oxygen atoms in total. The van der Waals surface area contributed by atoms with Crippen LogP contribution in [0.1, 0.15) is 241 Å². The second-order valence-electron chi connectivity index (χ2n) is 29.3. The van der Waals surface area contributed by atoms with Crippen molar-refractivity contribution in [3.8, 4) is 22.3 Å². The molecule has 2 heteroatoms. The Balaban J connectivity index is 1.27. The zero-order valence-electron chi connectivity index (χ0n) is 55.1. The highest BCUT2D eigenvalue weighted by Gasteiger charge is 2.39. The number of aliphatic hydroxyl groups is 2. The molecule has 0 unspecified atom stereocenters. The van der Waals surface area contributed by atoms with Crippen LogP contribution in [0.3, 0.4) is 0 Å². The third kappa shape index (κ3) is 13.7. The van der Waals surface area contributed by atoms with Crippen molar-refractivity contribution in [2.24, 2.45) is 0 Å². The van der Waals surface area contributed by atoms with E-state index in [1.165, 1.54) is 119 Å². The van der Waals surface area contributed by atoms with Crippen LogP contribution in [0.4, 0.5) is 0 Å². The van der Waals surface area contributed by atoms with E-state index in [0.717, 1.165) is 81.3 Å². The van der Waals surface area contributed by atoms with Crippen molar-refractivity contribution in [2.45, 2.75) is 220 Å². The number of rotatable bonds is 22. The van der Waals surface area contributed by atoms with Crippen molar-refractivity contribution >= 4 is 21.5 Å². The zero-order valence-corrected chi connectivity index (χ0v) is 55.1. The molecule has 0 radical (unpaired) electrons. The Morgan fingerprint density at radius 1 is 0.267 bits per heavy atom. The number of benzene rings is 9. The summed E-state index contributed by atoms with van der Waals surface area (Å²) in [4.78, 5) is 0. The fourth-order valence-corrected chi connectivity index (χ4v) is 13.4. The van der Waals surface area contributed by atoms with E-state index >= 15 is 0 Å². The second-order valence-corrected chi connectivity index (χ2v) is 29.3. The molecule has 0 saturated carbocycles. The first kappa shape index (κ1) is 63.9. The summed E-state index contributed by atoms with van der Waals surface area (Å²) in [5, 5.41) is 32.9. The van der Waals surface area contributed by atoms with E-state index in [-0.39, 0.29) is 21.7 Å². The van der Waals surface area contributed by atoms with Gasteiger partial charge in [0, 0.05) is 11.1 Å². The van der Waals surface area contributed by atoms with Crippen LogP contribution in [0.2, 0.25) is 0 Å².